The summed E-state index contributed by atoms with van der Waals surface area (Å²) in [4.78, 5) is 6.89. The summed E-state index contributed by atoms with van der Waals surface area (Å²) in [5.74, 6) is 0. The van der Waals surface area contributed by atoms with E-state index >= 15 is 0 Å². The predicted octanol–water partition coefficient (Wildman–Crippen LogP) is 0.720. The van der Waals surface area contributed by atoms with E-state index in [9.17, 15) is 8.78 Å². The monoisotopic (exact) mass is 114 g/mol. The average Bonchev–Trinajstić information content (AvgIpc) is 1.69. The van der Waals surface area contributed by atoms with Crippen LogP contribution in [0.5, 0.6) is 0 Å². The minimum absolute atomic E-state index is 1.15. The van der Waals surface area contributed by atoms with Crippen molar-refractivity contribution in [2.24, 2.45) is 0 Å². The summed E-state index contributed by atoms with van der Waals surface area (Å²) in [6.45, 7) is -2.31. The number of hydrogen-bond donors (Lipinski definition) is 0. The second-order valence-corrected chi connectivity index (χ2v) is 0.522. The van der Waals surface area contributed by atoms with E-state index < -0.39 is 13.7 Å². The van der Waals surface area contributed by atoms with Crippen LogP contribution in [0.25, 0.3) is 0 Å². The van der Waals surface area contributed by atoms with Crippen molar-refractivity contribution in [1.29, 1.82) is 0 Å². The van der Waals surface area contributed by atoms with E-state index in [0.29, 0.717) is 0 Å². The lowest BCUT2D eigenvalue weighted by atomic mass is 11.6. The van der Waals surface area contributed by atoms with Gasteiger partial charge in [-0.3, -0.25) is 0 Å². The van der Waals surface area contributed by atoms with E-state index in [1.54, 1.807) is 0 Å². The molecule has 0 fully saturated rings. The third-order valence-corrected chi connectivity index (χ3v) is 0.185. The normalized spacial score (nSPS) is 9.43. The summed E-state index contributed by atoms with van der Waals surface area (Å²) in [5.41, 5.74) is 0. The van der Waals surface area contributed by atoms with Gasteiger partial charge in [-0.2, -0.15) is 9.78 Å². The highest BCUT2D eigenvalue weighted by atomic mass is 19.1. The fourth-order valence-corrected chi connectivity index (χ4v) is 0.0704. The molecule has 0 aliphatic rings. The van der Waals surface area contributed by atoms with Crippen molar-refractivity contribution < 1.29 is 23.6 Å². The maximum atomic E-state index is 10.8. The van der Waals surface area contributed by atoms with Gasteiger partial charge in [0.05, 0.1) is 0 Å². The van der Waals surface area contributed by atoms with Crippen molar-refractivity contribution in [2.45, 2.75) is 0 Å². The second-order valence-electron chi connectivity index (χ2n) is 0.522. The zero-order valence-corrected chi connectivity index (χ0v) is 3.39. The van der Waals surface area contributed by atoms with E-state index in [-0.39, 0.29) is 0 Å². The lowest BCUT2D eigenvalue weighted by Crippen LogP contribution is -1.92. The van der Waals surface area contributed by atoms with Crippen molar-refractivity contribution in [1.82, 2.24) is 0 Å². The maximum Gasteiger partial charge on any atom is 0.224 e. The summed E-state index contributed by atoms with van der Waals surface area (Å²) < 4.78 is 21.5. The highest BCUT2D eigenvalue weighted by Gasteiger charge is 1.81. The molecule has 0 spiro atoms. The number of rotatable bonds is 4. The van der Waals surface area contributed by atoms with Gasteiger partial charge < -0.3 is 0 Å². The Kier molecular flexibility index (Phi) is 5.53. The predicted molar refractivity (Wildman–Crippen MR) is 15.2 cm³/mol. The molecule has 0 bridgehead atoms. The van der Waals surface area contributed by atoms with Gasteiger partial charge >= 0.3 is 0 Å². The lowest BCUT2D eigenvalue weighted by molar-refractivity contribution is -0.528. The van der Waals surface area contributed by atoms with Gasteiger partial charge in [-0.05, 0) is 0 Å². The van der Waals surface area contributed by atoms with Gasteiger partial charge in [0.25, 0.3) is 0 Å². The summed E-state index contributed by atoms with van der Waals surface area (Å²) in [6.07, 6.45) is 0. The minimum atomic E-state index is -1.15. The Bertz CT molecular complexity index is 30.1. The van der Waals surface area contributed by atoms with Gasteiger partial charge in [-0.15, -0.1) is 0 Å². The fraction of sp³-hybridized carbons (Fsp3) is 1.00. The van der Waals surface area contributed by atoms with Gasteiger partial charge in [-0.1, -0.05) is 5.04 Å². The molecule has 0 aliphatic carbocycles. The summed E-state index contributed by atoms with van der Waals surface area (Å²) in [5, 5.41) is 3.38. The van der Waals surface area contributed by atoms with Crippen LogP contribution in [0, 0.1) is 0 Å². The Morgan fingerprint density at radius 1 is 1.00 bits per heavy atom. The first-order valence-corrected chi connectivity index (χ1v) is 1.45. The van der Waals surface area contributed by atoms with Crippen LogP contribution < -0.4 is 0 Å². The first-order chi connectivity index (χ1) is 3.41. The Morgan fingerprint density at radius 2 is 1.43 bits per heavy atom. The second kappa shape index (κ2) is 5.74. The SMILES string of the molecule is FCOOOCF. The van der Waals surface area contributed by atoms with E-state index in [4.69, 9.17) is 0 Å². The molecule has 3 nitrogen and oxygen atoms in total. The van der Waals surface area contributed by atoms with Crippen LogP contribution in [0.4, 0.5) is 8.78 Å². The number of halogens is 2. The quantitative estimate of drug-likeness (QED) is 0.306. The molecule has 0 aliphatic heterocycles. The smallest absolute Gasteiger partial charge is 0.216 e. The Hall–Kier alpha value is -0.260. The van der Waals surface area contributed by atoms with E-state index in [1.165, 1.54) is 0 Å². The average molecular weight is 114 g/mol. The molecule has 0 aromatic heterocycles. The molecule has 0 atom stereocenters. The first kappa shape index (κ1) is 6.74. The lowest BCUT2D eigenvalue weighted by Gasteiger charge is -1.91. The van der Waals surface area contributed by atoms with E-state index in [2.05, 4.69) is 14.8 Å². The topological polar surface area (TPSA) is 27.7 Å². The Balaban J connectivity index is 2.45. The first-order valence-electron chi connectivity index (χ1n) is 1.45. The molecule has 0 saturated heterocycles. The molecular formula is C2H4F2O3. The van der Waals surface area contributed by atoms with Crippen LogP contribution in [0.15, 0.2) is 0 Å². The highest BCUT2D eigenvalue weighted by molar-refractivity contribution is 3.69. The molecule has 0 rings (SSSR count). The fourth-order valence-electron chi connectivity index (χ4n) is 0.0704. The van der Waals surface area contributed by atoms with Crippen molar-refractivity contribution in [3.05, 3.63) is 0 Å². The highest BCUT2D eigenvalue weighted by Crippen LogP contribution is 1.80. The van der Waals surface area contributed by atoms with Crippen molar-refractivity contribution in [3.63, 3.8) is 0 Å². The van der Waals surface area contributed by atoms with Crippen molar-refractivity contribution in [2.75, 3.05) is 13.7 Å². The molecule has 0 amide bonds. The third-order valence-electron chi connectivity index (χ3n) is 0.185. The molecule has 0 aromatic rings. The van der Waals surface area contributed by atoms with Gasteiger partial charge in [-0.25, -0.2) is 8.78 Å². The molecule has 0 N–H and O–H groups in total. The van der Waals surface area contributed by atoms with Gasteiger partial charge in [0.2, 0.25) is 13.7 Å². The van der Waals surface area contributed by atoms with Crippen LogP contribution in [-0.4, -0.2) is 13.7 Å². The molecule has 0 heterocycles. The van der Waals surface area contributed by atoms with Crippen LogP contribution >= 0.6 is 0 Å². The zero-order chi connectivity index (χ0) is 5.54. The summed E-state index contributed by atoms with van der Waals surface area (Å²) >= 11 is 0. The van der Waals surface area contributed by atoms with Crippen LogP contribution in [0.1, 0.15) is 0 Å². The third kappa shape index (κ3) is 5.74. The summed E-state index contributed by atoms with van der Waals surface area (Å²) in [6, 6.07) is 0. The largest absolute Gasteiger partial charge is 0.224 e. The molecular weight excluding hydrogens is 110 g/mol. The van der Waals surface area contributed by atoms with E-state index in [0.717, 1.165) is 0 Å². The molecule has 0 saturated carbocycles. The Labute approximate surface area is 38.6 Å². The van der Waals surface area contributed by atoms with Gasteiger partial charge in [0, 0.05) is 0 Å². The number of alkyl halides is 2. The van der Waals surface area contributed by atoms with Crippen molar-refractivity contribution >= 4 is 0 Å². The molecule has 0 aromatic carbocycles. The maximum absolute atomic E-state index is 10.8. The van der Waals surface area contributed by atoms with Gasteiger partial charge in [0.15, 0.2) is 0 Å². The van der Waals surface area contributed by atoms with Crippen LogP contribution in [0.2, 0.25) is 0 Å². The minimum Gasteiger partial charge on any atom is -0.216 e. The van der Waals surface area contributed by atoms with E-state index in [1.807, 2.05) is 0 Å². The summed E-state index contributed by atoms with van der Waals surface area (Å²) in [7, 11) is 0. The molecule has 0 radical (unpaired) electrons. The molecule has 7 heavy (non-hydrogen) atoms. The van der Waals surface area contributed by atoms with Crippen LogP contribution in [-0.2, 0) is 14.8 Å². The number of hydrogen-bond acceptors (Lipinski definition) is 3. The standard InChI is InChI=1S/C2H4F2O3/c3-1-5-7-6-2-4/h1-2H2. The molecule has 44 valence electrons. The molecule has 5 heteroatoms. The van der Waals surface area contributed by atoms with Crippen molar-refractivity contribution in [3.8, 4) is 0 Å². The Morgan fingerprint density at radius 3 is 1.71 bits per heavy atom. The molecule has 0 unspecified atom stereocenters. The zero-order valence-electron chi connectivity index (χ0n) is 3.39. The van der Waals surface area contributed by atoms with Crippen LogP contribution in [0.3, 0.4) is 0 Å². The van der Waals surface area contributed by atoms with Gasteiger partial charge in [0.1, 0.15) is 0 Å².